The molecule has 0 radical (unpaired) electrons. The molecular weight excluding hydrogens is 232 g/mol. The van der Waals surface area contributed by atoms with Gasteiger partial charge in [0, 0.05) is 11.1 Å². The van der Waals surface area contributed by atoms with E-state index in [0.717, 1.165) is 5.56 Å². The van der Waals surface area contributed by atoms with Crippen LogP contribution in [0.5, 0.6) is 0 Å². The summed E-state index contributed by atoms with van der Waals surface area (Å²) in [5.41, 5.74) is 1.11. The Morgan fingerprint density at radius 2 is 2.12 bits per heavy atom. The van der Waals surface area contributed by atoms with Crippen LogP contribution in [0.4, 0.5) is 0 Å². The number of rotatable bonds is 5. The summed E-state index contributed by atoms with van der Waals surface area (Å²) in [6.45, 7) is 4.09. The molecule has 0 aliphatic rings. The first-order chi connectivity index (χ1) is 8.16. The number of hydrogen-bond donors (Lipinski definition) is 0. The van der Waals surface area contributed by atoms with Crippen molar-refractivity contribution in [1.29, 1.82) is 0 Å². The number of ketones is 1. The van der Waals surface area contributed by atoms with Gasteiger partial charge < -0.3 is 4.74 Å². The van der Waals surface area contributed by atoms with E-state index in [-0.39, 0.29) is 18.5 Å². The Kier molecular flexibility index (Phi) is 3.92. The number of Topliss-reactive ketones (excluding diaryl/α,β-unsaturated/α-hetero) is 1. The van der Waals surface area contributed by atoms with E-state index in [9.17, 15) is 4.79 Å². The summed E-state index contributed by atoms with van der Waals surface area (Å²) >= 11 is 1.69. The molecule has 2 rings (SSSR count). The summed E-state index contributed by atoms with van der Waals surface area (Å²) in [4.78, 5) is 11.7. The topological polar surface area (TPSA) is 26.3 Å². The maximum Gasteiger partial charge on any atom is 0.162 e. The summed E-state index contributed by atoms with van der Waals surface area (Å²) in [7, 11) is 0. The molecule has 0 spiro atoms. The van der Waals surface area contributed by atoms with Crippen molar-refractivity contribution in [3.05, 3.63) is 35.2 Å². The summed E-state index contributed by atoms with van der Waals surface area (Å²) in [5.74, 6) is 0.141. The monoisotopic (exact) mass is 248 g/mol. The van der Waals surface area contributed by atoms with Crippen LogP contribution >= 0.6 is 11.3 Å². The first-order valence-electron chi connectivity index (χ1n) is 5.75. The van der Waals surface area contributed by atoms with E-state index in [1.165, 1.54) is 10.1 Å². The quantitative estimate of drug-likeness (QED) is 0.810. The smallest absolute Gasteiger partial charge is 0.162 e. The molecule has 2 nitrogen and oxygen atoms in total. The van der Waals surface area contributed by atoms with Gasteiger partial charge in [0.25, 0.3) is 0 Å². The number of carbonyl (C=O) groups is 1. The van der Waals surface area contributed by atoms with Crippen LogP contribution in [0.3, 0.4) is 0 Å². The van der Waals surface area contributed by atoms with Crippen LogP contribution in [0.25, 0.3) is 10.1 Å². The molecule has 0 unspecified atom stereocenters. The van der Waals surface area contributed by atoms with Crippen LogP contribution in [0.2, 0.25) is 0 Å². The van der Waals surface area contributed by atoms with Crippen molar-refractivity contribution in [2.24, 2.45) is 0 Å². The highest BCUT2D eigenvalue weighted by Gasteiger charge is 2.09. The van der Waals surface area contributed by atoms with Crippen molar-refractivity contribution in [3.8, 4) is 0 Å². The molecule has 0 saturated heterocycles. The molecule has 1 aromatic carbocycles. The van der Waals surface area contributed by atoms with Gasteiger partial charge in [-0.1, -0.05) is 18.2 Å². The minimum absolute atomic E-state index is 0.109. The summed E-state index contributed by atoms with van der Waals surface area (Å²) in [5, 5.41) is 3.26. The Bertz CT molecular complexity index is 514. The van der Waals surface area contributed by atoms with Gasteiger partial charge in [-0.05, 0) is 36.2 Å². The third-order valence-corrected chi connectivity index (χ3v) is 3.54. The van der Waals surface area contributed by atoms with Crippen LogP contribution < -0.4 is 0 Å². The van der Waals surface area contributed by atoms with Crippen LogP contribution in [-0.4, -0.2) is 18.5 Å². The highest BCUT2D eigenvalue weighted by atomic mass is 32.1. The van der Waals surface area contributed by atoms with E-state index in [2.05, 4.69) is 17.5 Å². The third-order valence-electron chi connectivity index (χ3n) is 2.53. The van der Waals surface area contributed by atoms with Crippen molar-refractivity contribution >= 4 is 27.2 Å². The zero-order valence-electron chi connectivity index (χ0n) is 10.1. The van der Waals surface area contributed by atoms with Crippen molar-refractivity contribution in [1.82, 2.24) is 0 Å². The molecule has 0 fully saturated rings. The van der Waals surface area contributed by atoms with Gasteiger partial charge in [0.05, 0.1) is 6.10 Å². The van der Waals surface area contributed by atoms with Crippen LogP contribution in [0.15, 0.2) is 29.6 Å². The van der Waals surface area contributed by atoms with Gasteiger partial charge in [0.1, 0.15) is 6.61 Å². The standard InChI is InChI=1S/C14H16O2S/c1-10(2)16-8-12(15)7-11-9-17-14-6-4-3-5-13(11)14/h3-6,9-10H,7-8H2,1-2H3. The summed E-state index contributed by atoms with van der Waals surface area (Å²) in [6, 6.07) is 8.18. The average molecular weight is 248 g/mol. The molecular formula is C14H16O2S. The van der Waals surface area contributed by atoms with Crippen molar-refractivity contribution in [2.45, 2.75) is 26.4 Å². The maximum atomic E-state index is 11.7. The predicted octanol–water partition coefficient (Wildman–Crippen LogP) is 3.44. The number of thiophene rings is 1. The number of hydrogen-bond acceptors (Lipinski definition) is 3. The molecule has 0 bridgehead atoms. The third kappa shape index (κ3) is 3.14. The van der Waals surface area contributed by atoms with Crippen LogP contribution in [0, 0.1) is 0 Å². The van der Waals surface area contributed by atoms with E-state index >= 15 is 0 Å². The van der Waals surface area contributed by atoms with Crippen molar-refractivity contribution < 1.29 is 9.53 Å². The van der Waals surface area contributed by atoms with E-state index in [4.69, 9.17) is 4.74 Å². The molecule has 1 heterocycles. The Morgan fingerprint density at radius 3 is 2.88 bits per heavy atom. The lowest BCUT2D eigenvalue weighted by atomic mass is 10.1. The molecule has 1 aromatic heterocycles. The van der Waals surface area contributed by atoms with Gasteiger partial charge in [-0.3, -0.25) is 4.79 Å². The van der Waals surface area contributed by atoms with Gasteiger partial charge in [0.2, 0.25) is 0 Å². The van der Waals surface area contributed by atoms with Gasteiger partial charge in [-0.25, -0.2) is 0 Å². The highest BCUT2D eigenvalue weighted by molar-refractivity contribution is 7.17. The van der Waals surface area contributed by atoms with E-state index in [1.807, 2.05) is 26.0 Å². The van der Waals surface area contributed by atoms with Gasteiger partial charge in [0.15, 0.2) is 5.78 Å². The fourth-order valence-corrected chi connectivity index (χ4v) is 2.66. The second-order valence-electron chi connectivity index (χ2n) is 4.33. The summed E-state index contributed by atoms with van der Waals surface area (Å²) < 4.78 is 6.55. The first-order valence-corrected chi connectivity index (χ1v) is 6.63. The van der Waals surface area contributed by atoms with Crippen molar-refractivity contribution in [3.63, 3.8) is 0 Å². The Hall–Kier alpha value is -1.19. The van der Waals surface area contributed by atoms with Gasteiger partial charge in [-0.2, -0.15) is 0 Å². The second-order valence-corrected chi connectivity index (χ2v) is 5.24. The minimum atomic E-state index is 0.109. The zero-order chi connectivity index (χ0) is 12.3. The van der Waals surface area contributed by atoms with Gasteiger partial charge >= 0.3 is 0 Å². The molecule has 90 valence electrons. The fourth-order valence-electron chi connectivity index (χ4n) is 1.69. The van der Waals surface area contributed by atoms with Gasteiger partial charge in [-0.15, -0.1) is 11.3 Å². The fraction of sp³-hybridized carbons (Fsp3) is 0.357. The molecule has 17 heavy (non-hydrogen) atoms. The molecule has 0 N–H and O–H groups in total. The minimum Gasteiger partial charge on any atom is -0.371 e. The maximum absolute atomic E-state index is 11.7. The number of fused-ring (bicyclic) bond motifs is 1. The van der Waals surface area contributed by atoms with E-state index < -0.39 is 0 Å². The lowest BCUT2D eigenvalue weighted by Crippen LogP contribution is -2.15. The lowest BCUT2D eigenvalue weighted by molar-refractivity contribution is -0.124. The zero-order valence-corrected chi connectivity index (χ0v) is 10.9. The van der Waals surface area contributed by atoms with Crippen LogP contribution in [0.1, 0.15) is 19.4 Å². The molecule has 0 saturated carbocycles. The molecule has 0 atom stereocenters. The molecule has 2 aromatic rings. The van der Waals surface area contributed by atoms with Crippen molar-refractivity contribution in [2.75, 3.05) is 6.61 Å². The van der Waals surface area contributed by atoms with E-state index in [0.29, 0.717) is 6.42 Å². The van der Waals surface area contributed by atoms with Crippen LogP contribution in [-0.2, 0) is 16.0 Å². The molecule has 3 heteroatoms. The normalized spacial score (nSPS) is 11.2. The molecule has 0 aliphatic heterocycles. The SMILES string of the molecule is CC(C)OCC(=O)Cc1csc2ccccc12. The number of ether oxygens (including phenoxy) is 1. The molecule has 0 amide bonds. The predicted molar refractivity (Wildman–Crippen MR) is 71.6 cm³/mol. The average Bonchev–Trinajstić information content (AvgIpc) is 2.70. The Labute approximate surface area is 105 Å². The Balaban J connectivity index is 2.06. The second kappa shape index (κ2) is 5.43. The number of benzene rings is 1. The van der Waals surface area contributed by atoms with E-state index in [1.54, 1.807) is 11.3 Å². The highest BCUT2D eigenvalue weighted by Crippen LogP contribution is 2.25. The summed E-state index contributed by atoms with van der Waals surface area (Å²) in [6.07, 6.45) is 0.578. The lowest BCUT2D eigenvalue weighted by Gasteiger charge is -2.06. The largest absolute Gasteiger partial charge is 0.371 e. The Morgan fingerprint density at radius 1 is 1.35 bits per heavy atom. The molecule has 0 aliphatic carbocycles. The first kappa shape index (κ1) is 12.3. The number of carbonyl (C=O) groups excluding carboxylic acids is 1.